The van der Waals surface area contributed by atoms with Crippen molar-refractivity contribution in [1.29, 1.82) is 0 Å². The fraction of sp³-hybridized carbons (Fsp3) is 0.389. The van der Waals surface area contributed by atoms with E-state index in [1.165, 1.54) is 4.90 Å². The number of thiocarbonyl (C=S) groups is 1. The number of carbonyl (C=O) groups excluding carboxylic acids is 2. The lowest BCUT2D eigenvalue weighted by atomic mass is 9.95. The molecule has 1 aromatic carbocycles. The van der Waals surface area contributed by atoms with Crippen molar-refractivity contribution < 1.29 is 14.3 Å². The van der Waals surface area contributed by atoms with Crippen molar-refractivity contribution in [2.24, 2.45) is 0 Å². The minimum absolute atomic E-state index is 0.230. The average molecular weight is 376 g/mol. The summed E-state index contributed by atoms with van der Waals surface area (Å²) in [6, 6.07) is 6.63. The van der Waals surface area contributed by atoms with E-state index in [-0.39, 0.29) is 18.6 Å². The van der Waals surface area contributed by atoms with Gasteiger partial charge in [0.2, 0.25) is 0 Å². The molecule has 0 spiro atoms. The minimum atomic E-state index is -0.450. The number of carbonyl (C=O) groups is 2. The van der Waals surface area contributed by atoms with E-state index >= 15 is 0 Å². The Balaban J connectivity index is 2.42. The molecule has 0 unspecified atom stereocenters. The van der Waals surface area contributed by atoms with Crippen LogP contribution < -0.4 is 10.6 Å². The Bertz CT molecular complexity index is 761. The van der Waals surface area contributed by atoms with E-state index in [0.29, 0.717) is 16.4 Å². The lowest BCUT2D eigenvalue weighted by Gasteiger charge is -2.35. The lowest BCUT2D eigenvalue weighted by molar-refractivity contribution is -0.139. The highest BCUT2D eigenvalue weighted by Gasteiger charge is 2.33. The second-order valence-electron chi connectivity index (χ2n) is 6.11. The molecule has 1 aliphatic heterocycles. The molecule has 140 valence electrons. The monoisotopic (exact) mass is 376 g/mol. The zero-order valence-electron chi connectivity index (χ0n) is 15.6. The summed E-state index contributed by atoms with van der Waals surface area (Å²) >= 11 is 5.38. The predicted octanol–water partition coefficient (Wildman–Crippen LogP) is 2.48. The largest absolute Gasteiger partial charge is 0.463 e. The van der Waals surface area contributed by atoms with Crippen LogP contribution in [-0.2, 0) is 9.53 Å². The van der Waals surface area contributed by atoms with Crippen LogP contribution in [-0.4, -0.2) is 54.7 Å². The molecule has 2 amide bonds. The Morgan fingerprint density at radius 1 is 1.38 bits per heavy atom. The van der Waals surface area contributed by atoms with E-state index in [0.717, 1.165) is 11.3 Å². The standard InChI is InChI=1S/C18H24N4O3S/c1-6-25-16(23)14-11(2)22(5)18(26)20-15(14)12-8-7-9-13(10-12)19-17(24)21(3)4/h7-10,15H,6H2,1-5H3,(H,19,24)(H,20,26)/t15-/m0/s1. The number of hydrogen-bond acceptors (Lipinski definition) is 4. The van der Waals surface area contributed by atoms with Crippen molar-refractivity contribution in [2.45, 2.75) is 19.9 Å². The summed E-state index contributed by atoms with van der Waals surface area (Å²) in [6.45, 7) is 3.89. The average Bonchev–Trinajstić information content (AvgIpc) is 2.59. The highest BCUT2D eigenvalue weighted by Crippen LogP contribution is 2.31. The number of esters is 1. The number of ether oxygens (including phenoxy) is 1. The number of urea groups is 1. The summed E-state index contributed by atoms with van der Waals surface area (Å²) in [5, 5.41) is 6.50. The molecule has 0 fully saturated rings. The van der Waals surface area contributed by atoms with E-state index in [1.807, 2.05) is 25.1 Å². The lowest BCUT2D eigenvalue weighted by Crippen LogP contribution is -2.46. The van der Waals surface area contributed by atoms with Crippen LogP contribution in [0.5, 0.6) is 0 Å². The van der Waals surface area contributed by atoms with Crippen LogP contribution in [0.2, 0.25) is 0 Å². The summed E-state index contributed by atoms with van der Waals surface area (Å²) in [5.74, 6) is -0.389. The number of allylic oxidation sites excluding steroid dienone is 1. The summed E-state index contributed by atoms with van der Waals surface area (Å²) in [4.78, 5) is 27.6. The Hall–Kier alpha value is -2.61. The van der Waals surface area contributed by atoms with Crippen LogP contribution in [0.15, 0.2) is 35.5 Å². The number of benzene rings is 1. The van der Waals surface area contributed by atoms with Crippen molar-refractivity contribution in [1.82, 2.24) is 15.1 Å². The number of rotatable bonds is 4. The number of nitrogens with one attached hydrogen (secondary N) is 2. The Kier molecular flexibility index (Phi) is 6.20. The first-order chi connectivity index (χ1) is 12.3. The highest BCUT2D eigenvalue weighted by molar-refractivity contribution is 7.80. The number of hydrogen-bond donors (Lipinski definition) is 2. The molecule has 0 aromatic heterocycles. The third kappa shape index (κ3) is 4.13. The second-order valence-corrected chi connectivity index (χ2v) is 6.50. The van der Waals surface area contributed by atoms with Gasteiger partial charge in [0.05, 0.1) is 18.2 Å². The van der Waals surface area contributed by atoms with Crippen LogP contribution in [0, 0.1) is 0 Å². The molecular weight excluding hydrogens is 352 g/mol. The smallest absolute Gasteiger partial charge is 0.338 e. The molecule has 0 aliphatic carbocycles. The van der Waals surface area contributed by atoms with E-state index in [2.05, 4.69) is 10.6 Å². The molecule has 2 N–H and O–H groups in total. The van der Waals surface area contributed by atoms with Crippen LogP contribution in [0.1, 0.15) is 25.5 Å². The summed E-state index contributed by atoms with van der Waals surface area (Å²) in [7, 11) is 5.13. The third-order valence-electron chi connectivity index (χ3n) is 4.13. The topological polar surface area (TPSA) is 73.9 Å². The third-order valence-corrected chi connectivity index (χ3v) is 4.52. The summed E-state index contributed by atoms with van der Waals surface area (Å²) < 4.78 is 5.23. The predicted molar refractivity (Wildman–Crippen MR) is 105 cm³/mol. The SMILES string of the molecule is CCOC(=O)C1=C(C)N(C)C(=S)N[C@H]1c1cccc(NC(=O)N(C)C)c1. The number of nitrogens with zero attached hydrogens (tertiary/aromatic N) is 2. The summed E-state index contributed by atoms with van der Waals surface area (Å²) in [5.41, 5.74) is 2.67. The molecule has 0 radical (unpaired) electrons. The van der Waals surface area contributed by atoms with Crippen LogP contribution in [0.4, 0.5) is 10.5 Å². The van der Waals surface area contributed by atoms with Crippen molar-refractivity contribution in [3.63, 3.8) is 0 Å². The Morgan fingerprint density at radius 3 is 2.69 bits per heavy atom. The summed E-state index contributed by atoms with van der Waals surface area (Å²) in [6.07, 6.45) is 0. The van der Waals surface area contributed by atoms with Gasteiger partial charge in [0.15, 0.2) is 5.11 Å². The molecule has 2 rings (SSSR count). The molecular formula is C18H24N4O3S. The first-order valence-corrected chi connectivity index (χ1v) is 8.67. The van der Waals surface area contributed by atoms with E-state index in [9.17, 15) is 9.59 Å². The maximum absolute atomic E-state index is 12.5. The van der Waals surface area contributed by atoms with Gasteiger partial charge in [-0.15, -0.1) is 0 Å². The van der Waals surface area contributed by atoms with Crippen molar-refractivity contribution in [2.75, 3.05) is 33.1 Å². The molecule has 8 heteroatoms. The van der Waals surface area contributed by atoms with Gasteiger partial charge in [0.1, 0.15) is 0 Å². The van der Waals surface area contributed by atoms with Crippen molar-refractivity contribution in [3.8, 4) is 0 Å². The molecule has 1 aromatic rings. The molecule has 0 bridgehead atoms. The highest BCUT2D eigenvalue weighted by atomic mass is 32.1. The minimum Gasteiger partial charge on any atom is -0.463 e. The van der Waals surface area contributed by atoms with E-state index < -0.39 is 6.04 Å². The van der Waals surface area contributed by atoms with Crippen LogP contribution >= 0.6 is 12.2 Å². The fourth-order valence-electron chi connectivity index (χ4n) is 2.59. The van der Waals surface area contributed by atoms with Crippen molar-refractivity contribution in [3.05, 3.63) is 41.1 Å². The van der Waals surface area contributed by atoms with Crippen LogP contribution in [0.25, 0.3) is 0 Å². The first-order valence-electron chi connectivity index (χ1n) is 8.26. The quantitative estimate of drug-likeness (QED) is 0.621. The molecule has 1 atom stereocenters. The molecule has 7 nitrogen and oxygen atoms in total. The molecule has 1 heterocycles. The maximum Gasteiger partial charge on any atom is 0.338 e. The number of amides is 2. The normalized spacial score (nSPS) is 16.9. The van der Waals surface area contributed by atoms with Gasteiger partial charge in [0.25, 0.3) is 0 Å². The van der Waals surface area contributed by atoms with Crippen molar-refractivity contribution >= 4 is 35.0 Å². The van der Waals surface area contributed by atoms with Gasteiger partial charge in [-0.05, 0) is 43.8 Å². The maximum atomic E-state index is 12.5. The van der Waals surface area contributed by atoms with Gasteiger partial charge in [0, 0.05) is 32.5 Å². The molecule has 26 heavy (non-hydrogen) atoms. The first kappa shape index (κ1) is 19.7. The van der Waals surface area contributed by atoms with Gasteiger partial charge < -0.3 is 25.2 Å². The zero-order chi connectivity index (χ0) is 19.4. The van der Waals surface area contributed by atoms with Crippen LogP contribution in [0.3, 0.4) is 0 Å². The van der Waals surface area contributed by atoms with Gasteiger partial charge in [-0.3, -0.25) is 0 Å². The second kappa shape index (κ2) is 8.18. The Morgan fingerprint density at radius 2 is 2.08 bits per heavy atom. The molecule has 0 saturated carbocycles. The van der Waals surface area contributed by atoms with Gasteiger partial charge in [-0.1, -0.05) is 12.1 Å². The molecule has 0 saturated heterocycles. The van der Waals surface area contributed by atoms with E-state index in [4.69, 9.17) is 17.0 Å². The molecule has 1 aliphatic rings. The van der Waals surface area contributed by atoms with Gasteiger partial charge in [-0.25, -0.2) is 9.59 Å². The number of anilines is 1. The Labute approximate surface area is 159 Å². The van der Waals surface area contributed by atoms with E-state index in [1.54, 1.807) is 39.0 Å². The fourth-order valence-corrected chi connectivity index (χ4v) is 2.84. The van der Waals surface area contributed by atoms with Gasteiger partial charge in [-0.2, -0.15) is 0 Å². The van der Waals surface area contributed by atoms with Gasteiger partial charge >= 0.3 is 12.0 Å². The zero-order valence-corrected chi connectivity index (χ0v) is 16.4.